The number of ether oxygens (including phenoxy) is 1. The topological polar surface area (TPSA) is 68.3 Å². The van der Waals surface area contributed by atoms with E-state index in [9.17, 15) is 8.42 Å². The largest absolute Gasteiger partial charge is 0.381 e. The molecule has 0 aliphatic carbocycles. The van der Waals surface area contributed by atoms with E-state index in [1.165, 1.54) is 6.20 Å². The molecular formula is C10H15ClN2O3S2. The van der Waals surface area contributed by atoms with Crippen molar-refractivity contribution in [3.05, 3.63) is 11.2 Å². The molecule has 0 atom stereocenters. The van der Waals surface area contributed by atoms with Crippen LogP contribution in [0.1, 0.15) is 17.8 Å². The molecule has 0 unspecified atom stereocenters. The Labute approximate surface area is 116 Å². The smallest absolute Gasteiger partial charge is 0.252 e. The first-order chi connectivity index (χ1) is 8.47. The fourth-order valence-corrected chi connectivity index (χ4v) is 4.81. The summed E-state index contributed by atoms with van der Waals surface area (Å²) in [5.41, 5.74) is -0.601. The molecule has 0 radical (unpaired) electrons. The van der Waals surface area contributed by atoms with Gasteiger partial charge in [-0.2, -0.15) is 0 Å². The lowest BCUT2D eigenvalue weighted by Crippen LogP contribution is -2.53. The van der Waals surface area contributed by atoms with Crippen LogP contribution < -0.4 is 4.72 Å². The quantitative estimate of drug-likeness (QED) is 0.856. The average molecular weight is 311 g/mol. The molecule has 0 amide bonds. The Bertz CT molecular complexity index is 509. The van der Waals surface area contributed by atoms with Crippen molar-refractivity contribution in [2.75, 3.05) is 19.1 Å². The van der Waals surface area contributed by atoms with E-state index in [-0.39, 0.29) is 10.1 Å². The molecule has 2 heterocycles. The molecule has 18 heavy (non-hydrogen) atoms. The number of thiazole rings is 1. The van der Waals surface area contributed by atoms with Crippen molar-refractivity contribution in [2.45, 2.75) is 29.5 Å². The standard InChI is InChI=1S/C10H15ClN2O3S2/c1-8-12-6-9(17-8)18(14,15)13-10(7-11)2-4-16-5-3-10/h6,13H,2-5,7H2,1H3. The van der Waals surface area contributed by atoms with Crippen LogP contribution >= 0.6 is 22.9 Å². The molecule has 1 aromatic heterocycles. The summed E-state index contributed by atoms with van der Waals surface area (Å²) in [5, 5.41) is 0.724. The van der Waals surface area contributed by atoms with Crippen LogP contribution in [0.5, 0.6) is 0 Å². The van der Waals surface area contributed by atoms with Crippen LogP contribution in [0.3, 0.4) is 0 Å². The van der Waals surface area contributed by atoms with E-state index in [0.717, 1.165) is 16.3 Å². The lowest BCUT2D eigenvalue weighted by atomic mass is 9.94. The van der Waals surface area contributed by atoms with Gasteiger partial charge in [-0.15, -0.1) is 22.9 Å². The first kappa shape index (κ1) is 14.2. The second-order valence-corrected chi connectivity index (χ2v) is 7.74. The maximum Gasteiger partial charge on any atom is 0.252 e. The van der Waals surface area contributed by atoms with Gasteiger partial charge in [0.05, 0.1) is 16.7 Å². The third kappa shape index (κ3) is 3.03. The summed E-state index contributed by atoms with van der Waals surface area (Å²) in [5.74, 6) is 0.243. The Morgan fingerprint density at radius 1 is 1.56 bits per heavy atom. The predicted molar refractivity (Wildman–Crippen MR) is 70.7 cm³/mol. The molecule has 0 spiro atoms. The second kappa shape index (κ2) is 5.42. The van der Waals surface area contributed by atoms with Crippen molar-refractivity contribution < 1.29 is 13.2 Å². The van der Waals surface area contributed by atoms with E-state index < -0.39 is 15.6 Å². The number of nitrogens with one attached hydrogen (secondary N) is 1. The van der Waals surface area contributed by atoms with Gasteiger partial charge in [-0.05, 0) is 19.8 Å². The van der Waals surface area contributed by atoms with Crippen molar-refractivity contribution in [2.24, 2.45) is 0 Å². The van der Waals surface area contributed by atoms with Gasteiger partial charge in [0.2, 0.25) is 0 Å². The summed E-state index contributed by atoms with van der Waals surface area (Å²) in [7, 11) is -3.54. The minimum atomic E-state index is -3.54. The van der Waals surface area contributed by atoms with Crippen LogP contribution in [0.2, 0.25) is 0 Å². The van der Waals surface area contributed by atoms with Crippen LogP contribution in [-0.2, 0) is 14.8 Å². The molecule has 1 aromatic rings. The highest BCUT2D eigenvalue weighted by Gasteiger charge is 2.36. The summed E-state index contributed by atoms with van der Waals surface area (Å²) in [6.45, 7) is 2.82. The van der Waals surface area contributed by atoms with Crippen molar-refractivity contribution in [1.29, 1.82) is 0 Å². The van der Waals surface area contributed by atoms with Crippen molar-refractivity contribution in [1.82, 2.24) is 9.71 Å². The summed E-state index contributed by atoms with van der Waals surface area (Å²) in [6, 6.07) is 0. The molecule has 1 aliphatic rings. The van der Waals surface area contributed by atoms with E-state index >= 15 is 0 Å². The number of hydrogen-bond acceptors (Lipinski definition) is 5. The number of aromatic nitrogens is 1. The third-order valence-electron chi connectivity index (χ3n) is 2.92. The minimum absolute atomic E-state index is 0.232. The number of sulfonamides is 1. The maximum absolute atomic E-state index is 12.2. The number of nitrogens with zero attached hydrogens (tertiary/aromatic N) is 1. The van der Waals surface area contributed by atoms with Gasteiger partial charge in [0.25, 0.3) is 10.0 Å². The van der Waals surface area contributed by atoms with Gasteiger partial charge in [-0.1, -0.05) is 0 Å². The Morgan fingerprint density at radius 3 is 2.72 bits per heavy atom. The lowest BCUT2D eigenvalue weighted by Gasteiger charge is -2.35. The van der Waals surface area contributed by atoms with Gasteiger partial charge in [0.1, 0.15) is 0 Å². The molecule has 1 N–H and O–H groups in total. The molecule has 1 aliphatic heterocycles. The molecule has 8 heteroatoms. The Hall–Kier alpha value is -0.210. The number of rotatable bonds is 4. The summed E-state index contributed by atoms with van der Waals surface area (Å²) >= 11 is 7.10. The average Bonchev–Trinajstić information content (AvgIpc) is 2.77. The van der Waals surface area contributed by atoms with Gasteiger partial charge in [-0.3, -0.25) is 0 Å². The zero-order valence-electron chi connectivity index (χ0n) is 9.98. The molecule has 102 valence electrons. The summed E-state index contributed by atoms with van der Waals surface area (Å²) in [4.78, 5) is 3.97. The number of alkyl halides is 1. The third-order valence-corrected chi connectivity index (χ3v) is 6.39. The molecule has 1 fully saturated rings. The first-order valence-corrected chi connectivity index (χ1v) is 8.41. The summed E-state index contributed by atoms with van der Waals surface area (Å²) < 4.78 is 32.7. The number of aryl methyl sites for hydroxylation is 1. The van der Waals surface area contributed by atoms with Crippen molar-refractivity contribution in [3.63, 3.8) is 0 Å². The van der Waals surface area contributed by atoms with Crippen LogP contribution in [0.25, 0.3) is 0 Å². The van der Waals surface area contributed by atoms with E-state index in [1.807, 2.05) is 0 Å². The fourth-order valence-electron chi connectivity index (χ4n) is 1.83. The Kier molecular flexibility index (Phi) is 4.28. The molecule has 0 bridgehead atoms. The monoisotopic (exact) mass is 310 g/mol. The van der Waals surface area contributed by atoms with Crippen LogP contribution in [0.15, 0.2) is 10.4 Å². The van der Waals surface area contributed by atoms with Crippen LogP contribution in [0.4, 0.5) is 0 Å². The Balaban J connectivity index is 2.21. The zero-order chi connectivity index (χ0) is 13.2. The van der Waals surface area contributed by atoms with Crippen molar-refractivity contribution in [3.8, 4) is 0 Å². The van der Waals surface area contributed by atoms with E-state index in [1.54, 1.807) is 6.92 Å². The fraction of sp³-hybridized carbons (Fsp3) is 0.700. The number of hydrogen-bond donors (Lipinski definition) is 1. The maximum atomic E-state index is 12.2. The van der Waals surface area contributed by atoms with Crippen molar-refractivity contribution >= 4 is 33.0 Å². The first-order valence-electron chi connectivity index (χ1n) is 5.58. The second-order valence-electron chi connectivity index (χ2n) is 4.33. The molecule has 0 aromatic carbocycles. The highest BCUT2D eigenvalue weighted by atomic mass is 35.5. The number of halogens is 1. The van der Waals surface area contributed by atoms with Gasteiger partial charge in [-0.25, -0.2) is 18.1 Å². The molecule has 0 saturated carbocycles. The highest BCUT2D eigenvalue weighted by molar-refractivity contribution is 7.91. The van der Waals surface area contributed by atoms with Gasteiger partial charge >= 0.3 is 0 Å². The zero-order valence-corrected chi connectivity index (χ0v) is 12.4. The van der Waals surface area contributed by atoms with Crippen LogP contribution in [-0.4, -0.2) is 38.0 Å². The molecule has 1 saturated heterocycles. The molecular weight excluding hydrogens is 296 g/mol. The van der Waals surface area contributed by atoms with Gasteiger partial charge in [0, 0.05) is 19.1 Å². The molecule has 5 nitrogen and oxygen atoms in total. The lowest BCUT2D eigenvalue weighted by molar-refractivity contribution is 0.0549. The van der Waals surface area contributed by atoms with E-state index in [2.05, 4.69) is 9.71 Å². The SMILES string of the molecule is Cc1ncc(S(=O)(=O)NC2(CCl)CCOCC2)s1. The van der Waals surface area contributed by atoms with Gasteiger partial charge in [0.15, 0.2) is 4.21 Å². The highest BCUT2D eigenvalue weighted by Crippen LogP contribution is 2.26. The van der Waals surface area contributed by atoms with E-state index in [4.69, 9.17) is 16.3 Å². The van der Waals surface area contributed by atoms with Crippen LogP contribution in [0, 0.1) is 6.92 Å². The van der Waals surface area contributed by atoms with Gasteiger partial charge < -0.3 is 4.74 Å². The Morgan fingerprint density at radius 2 is 2.22 bits per heavy atom. The summed E-state index contributed by atoms with van der Waals surface area (Å²) in [6.07, 6.45) is 2.56. The predicted octanol–water partition coefficient (Wildman–Crippen LogP) is 1.52. The normalized spacial score (nSPS) is 19.9. The minimum Gasteiger partial charge on any atom is -0.381 e. The molecule has 2 rings (SSSR count). The van der Waals surface area contributed by atoms with E-state index in [0.29, 0.717) is 26.1 Å².